The molecule has 1 aromatic heterocycles. The van der Waals surface area contributed by atoms with Crippen LogP contribution in [0.1, 0.15) is 12.6 Å². The Morgan fingerprint density at radius 3 is 3.00 bits per heavy atom. The SMILES string of the molecule is CCNC(=O)CNCCc1ccnn1C. The Hall–Kier alpha value is -1.36. The molecule has 0 unspecified atom stereocenters. The normalized spacial score (nSPS) is 10.3. The lowest BCUT2D eigenvalue weighted by molar-refractivity contribution is -0.120. The van der Waals surface area contributed by atoms with Gasteiger partial charge in [-0.05, 0) is 13.0 Å². The number of aromatic nitrogens is 2. The molecule has 5 heteroatoms. The molecule has 0 fully saturated rings. The number of likely N-dealkylation sites (N-methyl/N-ethyl adjacent to an activating group) is 1. The molecule has 0 bridgehead atoms. The summed E-state index contributed by atoms with van der Waals surface area (Å²) in [5, 5.41) is 9.88. The number of amides is 1. The van der Waals surface area contributed by atoms with Crippen molar-refractivity contribution < 1.29 is 4.79 Å². The van der Waals surface area contributed by atoms with E-state index < -0.39 is 0 Å². The molecular weight excluding hydrogens is 192 g/mol. The highest BCUT2D eigenvalue weighted by molar-refractivity contribution is 5.77. The predicted molar refractivity (Wildman–Crippen MR) is 58.5 cm³/mol. The molecule has 0 aliphatic carbocycles. The van der Waals surface area contributed by atoms with Crippen LogP contribution in [0.3, 0.4) is 0 Å². The molecule has 0 saturated carbocycles. The first-order valence-electron chi connectivity index (χ1n) is 5.18. The fraction of sp³-hybridized carbons (Fsp3) is 0.600. The minimum atomic E-state index is 0.0440. The maximum Gasteiger partial charge on any atom is 0.233 e. The van der Waals surface area contributed by atoms with Crippen molar-refractivity contribution in [3.8, 4) is 0 Å². The molecule has 1 aromatic rings. The third-order valence-corrected chi connectivity index (χ3v) is 2.14. The number of nitrogens with zero attached hydrogens (tertiary/aromatic N) is 2. The summed E-state index contributed by atoms with van der Waals surface area (Å²) in [5.74, 6) is 0.0440. The van der Waals surface area contributed by atoms with E-state index in [0.717, 1.165) is 13.0 Å². The molecule has 0 saturated heterocycles. The molecule has 0 spiro atoms. The molecule has 0 atom stereocenters. The van der Waals surface area contributed by atoms with E-state index in [0.29, 0.717) is 13.1 Å². The molecule has 0 aliphatic heterocycles. The quantitative estimate of drug-likeness (QED) is 0.633. The van der Waals surface area contributed by atoms with E-state index in [9.17, 15) is 4.79 Å². The predicted octanol–water partition coefficient (Wildman–Crippen LogP) is -0.312. The van der Waals surface area contributed by atoms with Gasteiger partial charge in [-0.3, -0.25) is 9.48 Å². The van der Waals surface area contributed by atoms with E-state index in [1.165, 1.54) is 5.69 Å². The maximum absolute atomic E-state index is 11.1. The van der Waals surface area contributed by atoms with Crippen molar-refractivity contribution in [3.05, 3.63) is 18.0 Å². The van der Waals surface area contributed by atoms with Crippen molar-refractivity contribution in [2.24, 2.45) is 7.05 Å². The van der Waals surface area contributed by atoms with Gasteiger partial charge in [-0.25, -0.2) is 0 Å². The second-order valence-electron chi connectivity index (χ2n) is 3.33. The fourth-order valence-electron chi connectivity index (χ4n) is 1.32. The molecule has 5 nitrogen and oxygen atoms in total. The Labute approximate surface area is 89.9 Å². The van der Waals surface area contributed by atoms with Gasteiger partial charge in [0.15, 0.2) is 0 Å². The van der Waals surface area contributed by atoms with Crippen LogP contribution in [0, 0.1) is 0 Å². The lowest BCUT2D eigenvalue weighted by Gasteiger charge is -2.05. The summed E-state index contributed by atoms with van der Waals surface area (Å²) in [5.41, 5.74) is 1.17. The van der Waals surface area contributed by atoms with Crippen molar-refractivity contribution in [2.75, 3.05) is 19.6 Å². The maximum atomic E-state index is 11.1. The smallest absolute Gasteiger partial charge is 0.233 e. The Kier molecular flexibility index (Phi) is 4.83. The van der Waals surface area contributed by atoms with Gasteiger partial charge in [0.05, 0.1) is 6.54 Å². The van der Waals surface area contributed by atoms with Crippen LogP contribution in [-0.4, -0.2) is 35.3 Å². The fourth-order valence-corrected chi connectivity index (χ4v) is 1.32. The van der Waals surface area contributed by atoms with E-state index in [-0.39, 0.29) is 5.91 Å². The lowest BCUT2D eigenvalue weighted by atomic mass is 10.3. The topological polar surface area (TPSA) is 59.0 Å². The van der Waals surface area contributed by atoms with Gasteiger partial charge in [0.1, 0.15) is 0 Å². The second-order valence-corrected chi connectivity index (χ2v) is 3.33. The van der Waals surface area contributed by atoms with Gasteiger partial charge in [-0.2, -0.15) is 5.10 Å². The standard InChI is InChI=1S/C10H18N4O/c1-3-12-10(15)8-11-6-4-9-5-7-13-14(9)2/h5,7,11H,3-4,6,8H2,1-2H3,(H,12,15). The van der Waals surface area contributed by atoms with Crippen molar-refractivity contribution in [1.29, 1.82) is 0 Å². The number of carbonyl (C=O) groups is 1. The third kappa shape index (κ3) is 4.12. The van der Waals surface area contributed by atoms with E-state index in [1.54, 1.807) is 6.20 Å². The van der Waals surface area contributed by atoms with Crippen LogP contribution in [0.2, 0.25) is 0 Å². The Bertz CT molecular complexity index is 308. The number of aryl methyl sites for hydroxylation is 1. The zero-order chi connectivity index (χ0) is 11.1. The van der Waals surface area contributed by atoms with Crippen LogP contribution < -0.4 is 10.6 Å². The van der Waals surface area contributed by atoms with Gasteiger partial charge >= 0.3 is 0 Å². The van der Waals surface area contributed by atoms with Gasteiger partial charge in [-0.15, -0.1) is 0 Å². The van der Waals surface area contributed by atoms with Gasteiger partial charge in [0, 0.05) is 38.4 Å². The monoisotopic (exact) mass is 210 g/mol. The summed E-state index contributed by atoms with van der Waals surface area (Å²) in [4.78, 5) is 11.1. The van der Waals surface area contributed by atoms with Crippen LogP contribution in [0.15, 0.2) is 12.3 Å². The van der Waals surface area contributed by atoms with E-state index in [4.69, 9.17) is 0 Å². The first-order valence-corrected chi connectivity index (χ1v) is 5.18. The summed E-state index contributed by atoms with van der Waals surface area (Å²) < 4.78 is 1.84. The van der Waals surface area contributed by atoms with E-state index >= 15 is 0 Å². The summed E-state index contributed by atoms with van der Waals surface area (Å²) in [6.45, 7) is 3.76. The summed E-state index contributed by atoms with van der Waals surface area (Å²) in [6.07, 6.45) is 2.66. The number of carbonyl (C=O) groups excluding carboxylic acids is 1. The molecule has 1 rings (SSSR count). The Morgan fingerprint density at radius 2 is 2.40 bits per heavy atom. The molecule has 0 radical (unpaired) electrons. The first-order chi connectivity index (χ1) is 7.24. The molecule has 0 aliphatic rings. The number of rotatable bonds is 6. The number of nitrogens with one attached hydrogen (secondary N) is 2. The van der Waals surface area contributed by atoms with Gasteiger partial charge < -0.3 is 10.6 Å². The average molecular weight is 210 g/mol. The molecule has 1 heterocycles. The van der Waals surface area contributed by atoms with Gasteiger partial charge in [0.2, 0.25) is 5.91 Å². The van der Waals surface area contributed by atoms with Gasteiger partial charge in [-0.1, -0.05) is 0 Å². The summed E-state index contributed by atoms with van der Waals surface area (Å²) in [7, 11) is 1.92. The molecular formula is C10H18N4O. The van der Waals surface area contributed by atoms with Crippen LogP contribution in [-0.2, 0) is 18.3 Å². The molecule has 1 amide bonds. The second kappa shape index (κ2) is 6.19. The highest BCUT2D eigenvalue weighted by Crippen LogP contribution is 1.95. The minimum Gasteiger partial charge on any atom is -0.355 e. The van der Waals surface area contributed by atoms with Crippen molar-refractivity contribution in [2.45, 2.75) is 13.3 Å². The number of hydrogen-bond donors (Lipinski definition) is 2. The minimum absolute atomic E-state index is 0.0440. The lowest BCUT2D eigenvalue weighted by Crippen LogP contribution is -2.34. The van der Waals surface area contributed by atoms with Crippen LogP contribution in [0.4, 0.5) is 0 Å². The van der Waals surface area contributed by atoms with Crippen molar-refractivity contribution in [3.63, 3.8) is 0 Å². The Morgan fingerprint density at radius 1 is 1.60 bits per heavy atom. The van der Waals surface area contributed by atoms with Crippen LogP contribution >= 0.6 is 0 Å². The first kappa shape index (κ1) is 11.7. The molecule has 0 aromatic carbocycles. The van der Waals surface area contributed by atoms with E-state index in [1.807, 2.05) is 24.7 Å². The van der Waals surface area contributed by atoms with E-state index in [2.05, 4.69) is 15.7 Å². The third-order valence-electron chi connectivity index (χ3n) is 2.14. The highest BCUT2D eigenvalue weighted by atomic mass is 16.1. The Balaban J connectivity index is 2.12. The molecule has 84 valence electrons. The average Bonchev–Trinajstić information content (AvgIpc) is 2.60. The summed E-state index contributed by atoms with van der Waals surface area (Å²) >= 11 is 0. The largest absolute Gasteiger partial charge is 0.355 e. The summed E-state index contributed by atoms with van der Waals surface area (Å²) in [6, 6.07) is 1.98. The molecule has 15 heavy (non-hydrogen) atoms. The highest BCUT2D eigenvalue weighted by Gasteiger charge is 2.00. The van der Waals surface area contributed by atoms with Crippen molar-refractivity contribution in [1.82, 2.24) is 20.4 Å². The van der Waals surface area contributed by atoms with Crippen LogP contribution in [0.5, 0.6) is 0 Å². The molecule has 2 N–H and O–H groups in total. The zero-order valence-corrected chi connectivity index (χ0v) is 9.29. The van der Waals surface area contributed by atoms with Crippen LogP contribution in [0.25, 0.3) is 0 Å². The van der Waals surface area contributed by atoms with Crippen molar-refractivity contribution >= 4 is 5.91 Å². The number of hydrogen-bond acceptors (Lipinski definition) is 3. The zero-order valence-electron chi connectivity index (χ0n) is 9.29. The van der Waals surface area contributed by atoms with Gasteiger partial charge in [0.25, 0.3) is 0 Å².